The fourth-order valence-electron chi connectivity index (χ4n) is 2.64. The van der Waals surface area contributed by atoms with Gasteiger partial charge in [-0.05, 0) is 6.92 Å². The second-order valence-corrected chi connectivity index (χ2v) is 10.5. The number of ether oxygens (including phenoxy) is 1. The molecule has 1 heterocycles. The second-order valence-electron chi connectivity index (χ2n) is 5.79. The molecule has 0 amide bonds. The topological polar surface area (TPSA) is 49.7 Å². The van der Waals surface area contributed by atoms with Crippen molar-refractivity contribution in [2.24, 2.45) is 0 Å². The molecule has 100 valence electrons. The highest BCUT2D eigenvalue weighted by atomic mass is 28.3. The first-order valence-electron chi connectivity index (χ1n) is 6.45. The Morgan fingerprint density at radius 3 is 2.44 bits per heavy atom. The van der Waals surface area contributed by atoms with Crippen molar-refractivity contribution in [2.75, 3.05) is 6.61 Å². The molecule has 18 heavy (non-hydrogen) atoms. The molecule has 1 fully saturated rings. The Kier molecular flexibility index (Phi) is 3.64. The van der Waals surface area contributed by atoms with Crippen molar-refractivity contribution >= 4 is 13.3 Å². The predicted molar refractivity (Wildman–Crippen MR) is 74.5 cm³/mol. The van der Waals surface area contributed by atoms with Gasteiger partial charge in [-0.25, -0.2) is 0 Å². The van der Waals surface area contributed by atoms with Gasteiger partial charge in [0, 0.05) is 6.42 Å². The molecular formula is C14H22O3Si. The molecule has 1 aromatic carbocycles. The highest BCUT2D eigenvalue weighted by Gasteiger charge is 2.54. The molecule has 0 radical (unpaired) electrons. The molecule has 0 aromatic heterocycles. The maximum absolute atomic E-state index is 10.9. The van der Waals surface area contributed by atoms with Crippen LogP contribution in [0.3, 0.4) is 0 Å². The number of hydrogen-bond acceptors (Lipinski definition) is 3. The first-order chi connectivity index (χ1) is 8.38. The Morgan fingerprint density at radius 2 is 1.89 bits per heavy atom. The van der Waals surface area contributed by atoms with Crippen LogP contribution in [-0.4, -0.2) is 42.3 Å². The van der Waals surface area contributed by atoms with Gasteiger partial charge < -0.3 is 14.9 Å². The first-order valence-corrected chi connectivity index (χ1v) is 9.45. The van der Waals surface area contributed by atoms with Crippen LogP contribution in [0.1, 0.15) is 13.3 Å². The molecule has 1 aliphatic rings. The molecule has 0 spiro atoms. The summed E-state index contributed by atoms with van der Waals surface area (Å²) in [4.78, 5) is 0. The zero-order chi connectivity index (χ0) is 13.4. The second kappa shape index (κ2) is 4.77. The van der Waals surface area contributed by atoms with Crippen molar-refractivity contribution in [3.8, 4) is 0 Å². The summed E-state index contributed by atoms with van der Waals surface area (Å²) in [5.74, 6) is 0. The molecule has 3 nitrogen and oxygen atoms in total. The van der Waals surface area contributed by atoms with E-state index in [9.17, 15) is 10.2 Å². The molecule has 2 rings (SSSR count). The Hall–Kier alpha value is -0.683. The van der Waals surface area contributed by atoms with Crippen LogP contribution < -0.4 is 5.19 Å². The SMILES string of the molecule is C[C@H]1C[C@@H](O)[C@@](O)([Si](C)(C)c2ccccc2)CO1. The van der Waals surface area contributed by atoms with Gasteiger partial charge >= 0.3 is 0 Å². The van der Waals surface area contributed by atoms with Crippen LogP contribution in [0.4, 0.5) is 0 Å². The van der Waals surface area contributed by atoms with Gasteiger partial charge in [0.05, 0.1) is 18.8 Å². The molecule has 3 atom stereocenters. The summed E-state index contributed by atoms with van der Waals surface area (Å²) in [5.41, 5.74) is 0. The van der Waals surface area contributed by atoms with Gasteiger partial charge in [0.15, 0.2) is 0 Å². The average molecular weight is 266 g/mol. The van der Waals surface area contributed by atoms with Gasteiger partial charge in [0.1, 0.15) is 13.3 Å². The van der Waals surface area contributed by atoms with Crippen molar-refractivity contribution in [1.82, 2.24) is 0 Å². The monoisotopic (exact) mass is 266 g/mol. The van der Waals surface area contributed by atoms with Crippen LogP contribution in [0.5, 0.6) is 0 Å². The van der Waals surface area contributed by atoms with E-state index >= 15 is 0 Å². The molecule has 0 unspecified atom stereocenters. The molecular weight excluding hydrogens is 244 g/mol. The lowest BCUT2D eigenvalue weighted by Crippen LogP contribution is -2.72. The molecule has 1 saturated heterocycles. The molecule has 1 aromatic rings. The standard InChI is InChI=1S/C14H22O3Si/c1-11-9-13(15)14(16,10-17-11)18(2,3)12-7-5-4-6-8-12/h4-8,11,13,15-16H,9-10H2,1-3H3/t11-,13+,14-/m0/s1. The summed E-state index contributed by atoms with van der Waals surface area (Å²) in [6.45, 7) is 6.33. The van der Waals surface area contributed by atoms with E-state index in [-0.39, 0.29) is 12.7 Å². The number of aliphatic hydroxyl groups excluding tert-OH is 1. The predicted octanol–water partition coefficient (Wildman–Crippen LogP) is 1.04. The number of hydrogen-bond donors (Lipinski definition) is 2. The van der Waals surface area contributed by atoms with E-state index in [1.54, 1.807) is 0 Å². The van der Waals surface area contributed by atoms with Crippen molar-refractivity contribution in [3.05, 3.63) is 30.3 Å². The summed E-state index contributed by atoms with van der Waals surface area (Å²) >= 11 is 0. The molecule has 0 bridgehead atoms. The van der Waals surface area contributed by atoms with Crippen LogP contribution in [-0.2, 0) is 4.74 Å². The van der Waals surface area contributed by atoms with E-state index < -0.39 is 19.4 Å². The summed E-state index contributed by atoms with van der Waals surface area (Å²) < 4.78 is 5.60. The minimum absolute atomic E-state index is 0.0147. The fourth-order valence-corrected chi connectivity index (χ4v) is 5.57. The van der Waals surface area contributed by atoms with E-state index in [0.717, 1.165) is 5.19 Å². The van der Waals surface area contributed by atoms with Crippen LogP contribution in [0.15, 0.2) is 30.3 Å². The Bertz CT molecular complexity index is 407. The highest BCUT2D eigenvalue weighted by Crippen LogP contribution is 2.32. The average Bonchev–Trinajstić information content (AvgIpc) is 2.35. The van der Waals surface area contributed by atoms with E-state index in [0.29, 0.717) is 6.42 Å². The Morgan fingerprint density at radius 1 is 1.28 bits per heavy atom. The smallest absolute Gasteiger partial charge is 0.123 e. The molecule has 1 aliphatic heterocycles. The lowest BCUT2D eigenvalue weighted by molar-refractivity contribution is -0.142. The summed E-state index contributed by atoms with van der Waals surface area (Å²) in [6.07, 6.45) is -0.191. The quantitative estimate of drug-likeness (QED) is 0.787. The Labute approximate surface area is 109 Å². The van der Waals surface area contributed by atoms with Crippen LogP contribution in [0.25, 0.3) is 0 Å². The van der Waals surface area contributed by atoms with Crippen molar-refractivity contribution in [1.29, 1.82) is 0 Å². The summed E-state index contributed by atoms with van der Waals surface area (Å²) in [6, 6.07) is 10.00. The van der Waals surface area contributed by atoms with Gasteiger partial charge in [-0.3, -0.25) is 0 Å². The van der Waals surface area contributed by atoms with Gasteiger partial charge in [-0.2, -0.15) is 0 Å². The van der Waals surface area contributed by atoms with E-state index in [2.05, 4.69) is 13.1 Å². The van der Waals surface area contributed by atoms with E-state index in [1.807, 2.05) is 37.3 Å². The minimum Gasteiger partial charge on any atom is -0.390 e. The third-order valence-corrected chi connectivity index (χ3v) is 8.69. The van der Waals surface area contributed by atoms with E-state index in [4.69, 9.17) is 4.74 Å². The van der Waals surface area contributed by atoms with Gasteiger partial charge in [-0.1, -0.05) is 48.6 Å². The molecule has 4 heteroatoms. The zero-order valence-electron chi connectivity index (χ0n) is 11.3. The normalized spacial score (nSPS) is 33.4. The maximum atomic E-state index is 10.9. The van der Waals surface area contributed by atoms with Crippen molar-refractivity contribution in [3.63, 3.8) is 0 Å². The van der Waals surface area contributed by atoms with Gasteiger partial charge in [0.2, 0.25) is 0 Å². The molecule has 0 saturated carbocycles. The highest BCUT2D eigenvalue weighted by molar-refractivity contribution is 6.92. The fraction of sp³-hybridized carbons (Fsp3) is 0.571. The zero-order valence-corrected chi connectivity index (χ0v) is 12.3. The van der Waals surface area contributed by atoms with E-state index in [1.165, 1.54) is 0 Å². The number of rotatable bonds is 2. The maximum Gasteiger partial charge on any atom is 0.123 e. The number of benzene rings is 1. The third kappa shape index (κ3) is 2.14. The Balaban J connectivity index is 2.34. The van der Waals surface area contributed by atoms with Crippen LogP contribution in [0, 0.1) is 0 Å². The van der Waals surface area contributed by atoms with Crippen molar-refractivity contribution in [2.45, 2.75) is 43.9 Å². The molecule has 0 aliphatic carbocycles. The van der Waals surface area contributed by atoms with Gasteiger partial charge in [-0.15, -0.1) is 0 Å². The van der Waals surface area contributed by atoms with Gasteiger partial charge in [0.25, 0.3) is 0 Å². The summed E-state index contributed by atoms with van der Waals surface area (Å²) in [7, 11) is -2.21. The lowest BCUT2D eigenvalue weighted by atomic mass is 10.0. The largest absolute Gasteiger partial charge is 0.390 e. The minimum atomic E-state index is -2.21. The van der Waals surface area contributed by atoms with Crippen LogP contribution >= 0.6 is 0 Å². The lowest BCUT2D eigenvalue weighted by Gasteiger charge is -2.48. The van der Waals surface area contributed by atoms with Crippen LogP contribution in [0.2, 0.25) is 13.1 Å². The first kappa shape index (κ1) is 13.7. The van der Waals surface area contributed by atoms with Crippen molar-refractivity contribution < 1.29 is 14.9 Å². The number of aliphatic hydroxyl groups is 2. The molecule has 2 N–H and O–H groups in total. The third-order valence-electron chi connectivity index (χ3n) is 4.27. The summed E-state index contributed by atoms with van der Waals surface area (Å²) in [5, 5.41) is 21.3.